The maximum absolute atomic E-state index is 4.62. The van der Waals surface area contributed by atoms with E-state index >= 15 is 0 Å². The van der Waals surface area contributed by atoms with Crippen molar-refractivity contribution in [3.05, 3.63) is 51.8 Å². The molecule has 2 nitrogen and oxygen atoms in total. The van der Waals surface area contributed by atoms with Crippen LogP contribution in [0.15, 0.2) is 34.8 Å². The summed E-state index contributed by atoms with van der Waals surface area (Å²) in [6.07, 6.45) is 2.03. The molecule has 0 amide bonds. The van der Waals surface area contributed by atoms with Crippen LogP contribution in [-0.4, -0.2) is 9.78 Å². The maximum atomic E-state index is 4.62. The average molecular weight is 293 g/mol. The van der Waals surface area contributed by atoms with Crippen LogP contribution >= 0.6 is 15.9 Å². The predicted octanol–water partition coefficient (Wildman–Crippen LogP) is 3.82. The Hall–Kier alpha value is -1.09. The third-order valence-corrected chi connectivity index (χ3v) is 3.41. The van der Waals surface area contributed by atoms with E-state index in [9.17, 15) is 0 Å². The highest BCUT2D eigenvalue weighted by molar-refractivity contribution is 9.10. The molecule has 0 saturated carbocycles. The molecule has 0 spiro atoms. The highest BCUT2D eigenvalue weighted by atomic mass is 79.9. The zero-order valence-electron chi connectivity index (χ0n) is 10.3. The molecular formula is C14H17BrN2. The van der Waals surface area contributed by atoms with Crippen molar-refractivity contribution >= 4 is 15.9 Å². The SMILES string of the molecule is CCc1cc(CC)n(Cc2ccc(Br)cc2)n1. The number of nitrogens with zero attached hydrogens (tertiary/aromatic N) is 2. The summed E-state index contributed by atoms with van der Waals surface area (Å²) in [5.41, 5.74) is 3.78. The molecular weight excluding hydrogens is 276 g/mol. The van der Waals surface area contributed by atoms with Crippen LogP contribution < -0.4 is 0 Å². The van der Waals surface area contributed by atoms with Gasteiger partial charge < -0.3 is 0 Å². The molecule has 0 radical (unpaired) electrons. The zero-order valence-corrected chi connectivity index (χ0v) is 11.9. The normalized spacial score (nSPS) is 10.8. The Balaban J connectivity index is 2.22. The van der Waals surface area contributed by atoms with E-state index in [2.05, 4.69) is 69.9 Å². The van der Waals surface area contributed by atoms with Gasteiger partial charge in [0.15, 0.2) is 0 Å². The number of aromatic nitrogens is 2. The van der Waals surface area contributed by atoms with Crippen molar-refractivity contribution in [3.63, 3.8) is 0 Å². The van der Waals surface area contributed by atoms with Crippen LogP contribution in [0.4, 0.5) is 0 Å². The molecule has 0 aliphatic rings. The fourth-order valence-electron chi connectivity index (χ4n) is 1.87. The largest absolute Gasteiger partial charge is 0.265 e. The highest BCUT2D eigenvalue weighted by Gasteiger charge is 2.05. The summed E-state index contributed by atoms with van der Waals surface area (Å²) in [6.45, 7) is 5.18. The van der Waals surface area contributed by atoms with Crippen LogP contribution in [0.2, 0.25) is 0 Å². The molecule has 90 valence electrons. The topological polar surface area (TPSA) is 17.8 Å². The molecule has 0 unspecified atom stereocenters. The van der Waals surface area contributed by atoms with Gasteiger partial charge in [0.2, 0.25) is 0 Å². The van der Waals surface area contributed by atoms with E-state index in [-0.39, 0.29) is 0 Å². The molecule has 0 N–H and O–H groups in total. The monoisotopic (exact) mass is 292 g/mol. The summed E-state index contributed by atoms with van der Waals surface area (Å²) in [5, 5.41) is 4.62. The van der Waals surface area contributed by atoms with Crippen LogP contribution in [0.3, 0.4) is 0 Å². The first-order valence-electron chi connectivity index (χ1n) is 6.03. The summed E-state index contributed by atoms with van der Waals surface area (Å²) in [5.74, 6) is 0. The Morgan fingerprint density at radius 2 is 1.82 bits per heavy atom. The zero-order chi connectivity index (χ0) is 12.3. The lowest BCUT2D eigenvalue weighted by Crippen LogP contribution is -2.05. The van der Waals surface area contributed by atoms with Gasteiger partial charge >= 0.3 is 0 Å². The molecule has 0 atom stereocenters. The summed E-state index contributed by atoms with van der Waals surface area (Å²) in [4.78, 5) is 0. The Labute approximate surface area is 111 Å². The molecule has 0 fully saturated rings. The minimum atomic E-state index is 0.858. The lowest BCUT2D eigenvalue weighted by atomic mass is 10.2. The molecule has 1 aromatic carbocycles. The standard InChI is InChI=1S/C14H17BrN2/c1-3-13-9-14(4-2)17(16-13)10-11-5-7-12(15)8-6-11/h5-9H,3-4,10H2,1-2H3. The van der Waals surface area contributed by atoms with Gasteiger partial charge in [0.05, 0.1) is 12.2 Å². The first kappa shape index (κ1) is 12.4. The molecule has 0 bridgehead atoms. The van der Waals surface area contributed by atoms with Gasteiger partial charge in [-0.2, -0.15) is 5.10 Å². The predicted molar refractivity (Wildman–Crippen MR) is 74.2 cm³/mol. The second kappa shape index (κ2) is 5.50. The highest BCUT2D eigenvalue weighted by Crippen LogP contribution is 2.13. The van der Waals surface area contributed by atoms with Gasteiger partial charge in [0.1, 0.15) is 0 Å². The van der Waals surface area contributed by atoms with Crippen molar-refractivity contribution in [2.75, 3.05) is 0 Å². The van der Waals surface area contributed by atoms with E-state index in [0.29, 0.717) is 0 Å². The molecule has 0 aliphatic carbocycles. The Bertz CT molecular complexity index is 485. The Morgan fingerprint density at radius 3 is 2.41 bits per heavy atom. The van der Waals surface area contributed by atoms with E-state index in [0.717, 1.165) is 23.9 Å². The molecule has 1 aromatic heterocycles. The van der Waals surface area contributed by atoms with Crippen molar-refractivity contribution in [2.45, 2.75) is 33.2 Å². The third kappa shape index (κ3) is 2.97. The van der Waals surface area contributed by atoms with Crippen LogP contribution in [0, 0.1) is 0 Å². The first-order valence-corrected chi connectivity index (χ1v) is 6.82. The van der Waals surface area contributed by atoms with Gasteiger partial charge in [-0.15, -0.1) is 0 Å². The minimum Gasteiger partial charge on any atom is -0.265 e. The van der Waals surface area contributed by atoms with Gasteiger partial charge in [0.25, 0.3) is 0 Å². The second-order valence-corrected chi connectivity index (χ2v) is 5.03. The Morgan fingerprint density at radius 1 is 1.12 bits per heavy atom. The number of halogens is 1. The van der Waals surface area contributed by atoms with Crippen molar-refractivity contribution in [1.82, 2.24) is 9.78 Å². The Kier molecular flexibility index (Phi) is 4.00. The molecule has 17 heavy (non-hydrogen) atoms. The van der Waals surface area contributed by atoms with Crippen LogP contribution in [0.5, 0.6) is 0 Å². The summed E-state index contributed by atoms with van der Waals surface area (Å²) in [7, 11) is 0. The van der Waals surface area contributed by atoms with Gasteiger partial charge in [-0.25, -0.2) is 0 Å². The number of hydrogen-bond acceptors (Lipinski definition) is 1. The van der Waals surface area contributed by atoms with Crippen molar-refractivity contribution in [1.29, 1.82) is 0 Å². The molecule has 3 heteroatoms. The molecule has 2 rings (SSSR count). The van der Waals surface area contributed by atoms with E-state index in [1.807, 2.05) is 0 Å². The van der Waals surface area contributed by atoms with Crippen LogP contribution in [-0.2, 0) is 19.4 Å². The number of hydrogen-bond donors (Lipinski definition) is 0. The fourth-order valence-corrected chi connectivity index (χ4v) is 2.14. The smallest absolute Gasteiger partial charge is 0.0662 e. The third-order valence-electron chi connectivity index (χ3n) is 2.88. The molecule has 1 heterocycles. The minimum absolute atomic E-state index is 0.858. The van der Waals surface area contributed by atoms with E-state index < -0.39 is 0 Å². The summed E-state index contributed by atoms with van der Waals surface area (Å²) in [6, 6.07) is 10.6. The van der Waals surface area contributed by atoms with E-state index in [1.54, 1.807) is 0 Å². The molecule has 0 aliphatic heterocycles. The van der Waals surface area contributed by atoms with Crippen LogP contribution in [0.1, 0.15) is 30.8 Å². The lowest BCUT2D eigenvalue weighted by molar-refractivity contribution is 0.640. The summed E-state index contributed by atoms with van der Waals surface area (Å²) >= 11 is 3.45. The van der Waals surface area contributed by atoms with E-state index in [1.165, 1.54) is 17.0 Å². The van der Waals surface area contributed by atoms with Gasteiger partial charge in [0, 0.05) is 10.2 Å². The number of benzene rings is 1. The maximum Gasteiger partial charge on any atom is 0.0662 e. The summed E-state index contributed by atoms with van der Waals surface area (Å²) < 4.78 is 3.23. The van der Waals surface area contributed by atoms with Gasteiger partial charge in [-0.1, -0.05) is 41.9 Å². The van der Waals surface area contributed by atoms with E-state index in [4.69, 9.17) is 0 Å². The van der Waals surface area contributed by atoms with Gasteiger partial charge in [-0.3, -0.25) is 4.68 Å². The number of aryl methyl sites for hydroxylation is 2. The van der Waals surface area contributed by atoms with Gasteiger partial charge in [-0.05, 0) is 36.6 Å². The van der Waals surface area contributed by atoms with Crippen molar-refractivity contribution in [3.8, 4) is 0 Å². The lowest BCUT2D eigenvalue weighted by Gasteiger charge is -2.06. The first-order chi connectivity index (χ1) is 8.22. The average Bonchev–Trinajstić information content (AvgIpc) is 2.74. The van der Waals surface area contributed by atoms with Crippen molar-refractivity contribution < 1.29 is 0 Å². The molecule has 2 aromatic rings. The number of rotatable bonds is 4. The quantitative estimate of drug-likeness (QED) is 0.838. The second-order valence-electron chi connectivity index (χ2n) is 4.12. The molecule has 0 saturated heterocycles. The fraction of sp³-hybridized carbons (Fsp3) is 0.357. The van der Waals surface area contributed by atoms with Crippen molar-refractivity contribution in [2.24, 2.45) is 0 Å². The van der Waals surface area contributed by atoms with Crippen LogP contribution in [0.25, 0.3) is 0 Å².